The molecule has 4 heteroatoms. The summed E-state index contributed by atoms with van der Waals surface area (Å²) in [5.74, 6) is 0. The summed E-state index contributed by atoms with van der Waals surface area (Å²) >= 11 is 0. The minimum absolute atomic E-state index is 0.471. The Morgan fingerprint density at radius 1 is 1.56 bits per heavy atom. The molecule has 4 nitrogen and oxygen atoms in total. The van der Waals surface area contributed by atoms with Crippen LogP contribution in [0.15, 0.2) is 6.20 Å². The normalized spacial score (nSPS) is 24.6. The van der Waals surface area contributed by atoms with Crippen LogP contribution in [0.3, 0.4) is 0 Å². The highest BCUT2D eigenvalue weighted by Crippen LogP contribution is 2.23. The smallest absolute Gasteiger partial charge is 0.0641 e. The van der Waals surface area contributed by atoms with Gasteiger partial charge >= 0.3 is 0 Å². The molecule has 1 aromatic heterocycles. The van der Waals surface area contributed by atoms with Gasteiger partial charge in [-0.2, -0.15) is 5.10 Å². The van der Waals surface area contributed by atoms with E-state index in [9.17, 15) is 0 Å². The Labute approximate surface area is 97.6 Å². The SMILES string of the molecule is Cc1nn(C)cc1C(C)N1CCNC(C)C1. The number of hydrogen-bond donors (Lipinski definition) is 1. The van der Waals surface area contributed by atoms with Gasteiger partial charge in [0.25, 0.3) is 0 Å². The number of aryl methyl sites for hydroxylation is 2. The Morgan fingerprint density at radius 2 is 2.31 bits per heavy atom. The lowest BCUT2D eigenvalue weighted by atomic mass is 10.1. The van der Waals surface area contributed by atoms with Crippen molar-refractivity contribution in [3.63, 3.8) is 0 Å². The van der Waals surface area contributed by atoms with E-state index < -0.39 is 0 Å². The van der Waals surface area contributed by atoms with E-state index in [1.165, 1.54) is 5.56 Å². The zero-order chi connectivity index (χ0) is 11.7. The largest absolute Gasteiger partial charge is 0.312 e. The van der Waals surface area contributed by atoms with Crippen molar-refractivity contribution in [3.8, 4) is 0 Å². The first-order chi connectivity index (χ1) is 7.58. The van der Waals surface area contributed by atoms with Crippen LogP contribution in [0.4, 0.5) is 0 Å². The molecule has 0 amide bonds. The third kappa shape index (κ3) is 2.28. The second kappa shape index (κ2) is 4.55. The quantitative estimate of drug-likeness (QED) is 0.813. The van der Waals surface area contributed by atoms with Gasteiger partial charge in [-0.25, -0.2) is 0 Å². The molecule has 0 bridgehead atoms. The molecule has 1 fully saturated rings. The van der Waals surface area contributed by atoms with E-state index in [4.69, 9.17) is 0 Å². The fourth-order valence-electron chi connectivity index (χ4n) is 2.54. The van der Waals surface area contributed by atoms with Crippen LogP contribution in [0.2, 0.25) is 0 Å². The Bertz CT molecular complexity index is 358. The fraction of sp³-hybridized carbons (Fsp3) is 0.750. The first kappa shape index (κ1) is 11.6. The van der Waals surface area contributed by atoms with E-state index in [2.05, 4.69) is 42.3 Å². The van der Waals surface area contributed by atoms with Gasteiger partial charge in [0.1, 0.15) is 0 Å². The third-order valence-electron chi connectivity index (χ3n) is 3.45. The van der Waals surface area contributed by atoms with E-state index >= 15 is 0 Å². The molecule has 0 saturated carbocycles. The molecular weight excluding hydrogens is 200 g/mol. The summed E-state index contributed by atoms with van der Waals surface area (Å²) in [7, 11) is 1.99. The van der Waals surface area contributed by atoms with Gasteiger partial charge in [0.05, 0.1) is 5.69 Å². The van der Waals surface area contributed by atoms with Crippen LogP contribution in [-0.4, -0.2) is 40.4 Å². The van der Waals surface area contributed by atoms with Crippen LogP contribution in [0.5, 0.6) is 0 Å². The van der Waals surface area contributed by atoms with E-state index in [0.29, 0.717) is 12.1 Å². The lowest BCUT2D eigenvalue weighted by Crippen LogP contribution is -2.49. The molecule has 2 unspecified atom stereocenters. The number of piperazine rings is 1. The molecule has 16 heavy (non-hydrogen) atoms. The summed E-state index contributed by atoms with van der Waals surface area (Å²) in [6.45, 7) is 9.95. The first-order valence-corrected chi connectivity index (χ1v) is 6.05. The van der Waals surface area contributed by atoms with Crippen molar-refractivity contribution < 1.29 is 0 Å². The molecular formula is C12H22N4. The molecule has 2 rings (SSSR count). The summed E-state index contributed by atoms with van der Waals surface area (Å²) < 4.78 is 1.91. The lowest BCUT2D eigenvalue weighted by Gasteiger charge is -2.36. The molecule has 1 N–H and O–H groups in total. The van der Waals surface area contributed by atoms with E-state index in [1.807, 2.05) is 11.7 Å². The average Bonchev–Trinajstić information content (AvgIpc) is 2.57. The van der Waals surface area contributed by atoms with Gasteiger partial charge in [0.15, 0.2) is 0 Å². The maximum atomic E-state index is 4.42. The fourth-order valence-corrected chi connectivity index (χ4v) is 2.54. The first-order valence-electron chi connectivity index (χ1n) is 6.05. The summed E-state index contributed by atoms with van der Waals surface area (Å²) in [6, 6.07) is 1.06. The highest BCUT2D eigenvalue weighted by Gasteiger charge is 2.23. The van der Waals surface area contributed by atoms with Crippen LogP contribution in [0.1, 0.15) is 31.1 Å². The molecule has 1 saturated heterocycles. The number of aromatic nitrogens is 2. The summed E-state index contributed by atoms with van der Waals surface area (Å²) in [5, 5.41) is 7.90. The Morgan fingerprint density at radius 3 is 2.88 bits per heavy atom. The molecule has 1 aliphatic heterocycles. The van der Waals surface area contributed by atoms with E-state index in [0.717, 1.165) is 25.3 Å². The van der Waals surface area contributed by atoms with Crippen LogP contribution in [0, 0.1) is 6.92 Å². The topological polar surface area (TPSA) is 33.1 Å². The predicted molar refractivity (Wildman–Crippen MR) is 65.4 cm³/mol. The van der Waals surface area contributed by atoms with Gasteiger partial charge in [-0.1, -0.05) is 0 Å². The van der Waals surface area contributed by atoms with Crippen LogP contribution in [0.25, 0.3) is 0 Å². The van der Waals surface area contributed by atoms with Gasteiger partial charge in [0.2, 0.25) is 0 Å². The van der Waals surface area contributed by atoms with Gasteiger partial charge in [0, 0.05) is 50.5 Å². The molecule has 2 heterocycles. The second-order valence-electron chi connectivity index (χ2n) is 4.87. The highest BCUT2D eigenvalue weighted by atomic mass is 15.3. The predicted octanol–water partition coefficient (Wildman–Crippen LogP) is 1.08. The summed E-state index contributed by atoms with van der Waals surface area (Å²) in [4.78, 5) is 2.53. The summed E-state index contributed by atoms with van der Waals surface area (Å²) in [5.41, 5.74) is 2.51. The number of nitrogens with zero attached hydrogens (tertiary/aromatic N) is 3. The van der Waals surface area contributed by atoms with Crippen molar-refractivity contribution in [1.82, 2.24) is 20.0 Å². The van der Waals surface area contributed by atoms with Crippen molar-refractivity contribution in [3.05, 3.63) is 17.5 Å². The van der Waals surface area contributed by atoms with Crippen molar-refractivity contribution in [1.29, 1.82) is 0 Å². The Hall–Kier alpha value is -0.870. The monoisotopic (exact) mass is 222 g/mol. The second-order valence-corrected chi connectivity index (χ2v) is 4.87. The van der Waals surface area contributed by atoms with Crippen LogP contribution in [-0.2, 0) is 7.05 Å². The molecule has 1 aliphatic rings. The van der Waals surface area contributed by atoms with Gasteiger partial charge < -0.3 is 5.32 Å². The highest BCUT2D eigenvalue weighted by molar-refractivity contribution is 5.19. The Kier molecular flexibility index (Phi) is 3.30. The minimum Gasteiger partial charge on any atom is -0.312 e. The van der Waals surface area contributed by atoms with Gasteiger partial charge in [-0.15, -0.1) is 0 Å². The van der Waals surface area contributed by atoms with Crippen LogP contribution < -0.4 is 5.32 Å². The van der Waals surface area contributed by atoms with Crippen molar-refractivity contribution in [2.24, 2.45) is 7.05 Å². The third-order valence-corrected chi connectivity index (χ3v) is 3.45. The zero-order valence-electron chi connectivity index (χ0n) is 10.7. The number of hydrogen-bond acceptors (Lipinski definition) is 3. The van der Waals surface area contributed by atoms with Crippen molar-refractivity contribution in [2.45, 2.75) is 32.9 Å². The standard InChI is InChI=1S/C12H22N4/c1-9-7-16(6-5-13-9)11(3)12-8-15(4)14-10(12)2/h8-9,11,13H,5-7H2,1-4H3. The molecule has 0 spiro atoms. The van der Waals surface area contributed by atoms with Crippen molar-refractivity contribution >= 4 is 0 Å². The van der Waals surface area contributed by atoms with E-state index in [-0.39, 0.29) is 0 Å². The molecule has 0 aliphatic carbocycles. The maximum absolute atomic E-state index is 4.42. The molecule has 2 atom stereocenters. The molecule has 0 aromatic carbocycles. The van der Waals surface area contributed by atoms with Gasteiger partial charge in [-0.05, 0) is 20.8 Å². The molecule has 1 aromatic rings. The van der Waals surface area contributed by atoms with Crippen LogP contribution >= 0.6 is 0 Å². The maximum Gasteiger partial charge on any atom is 0.0641 e. The summed E-state index contributed by atoms with van der Waals surface area (Å²) in [6.07, 6.45) is 2.15. The minimum atomic E-state index is 0.471. The zero-order valence-corrected chi connectivity index (χ0v) is 10.7. The molecule has 0 radical (unpaired) electrons. The number of rotatable bonds is 2. The van der Waals surface area contributed by atoms with Gasteiger partial charge in [-0.3, -0.25) is 9.58 Å². The molecule has 90 valence electrons. The van der Waals surface area contributed by atoms with Crippen molar-refractivity contribution in [2.75, 3.05) is 19.6 Å². The lowest BCUT2D eigenvalue weighted by molar-refractivity contribution is 0.158. The Balaban J connectivity index is 2.11. The number of nitrogens with one attached hydrogen (secondary N) is 1. The average molecular weight is 222 g/mol. The van der Waals surface area contributed by atoms with E-state index in [1.54, 1.807) is 0 Å².